The number of ether oxygens (including phenoxy) is 1. The van der Waals surface area contributed by atoms with Gasteiger partial charge in [0.1, 0.15) is 10.8 Å². The van der Waals surface area contributed by atoms with E-state index in [1.54, 1.807) is 29.5 Å². The summed E-state index contributed by atoms with van der Waals surface area (Å²) in [4.78, 5) is 17.3. The number of thiazole rings is 1. The summed E-state index contributed by atoms with van der Waals surface area (Å²) in [6.45, 7) is 6.13. The number of hydrogen-bond acceptors (Lipinski definition) is 5. The molecule has 5 nitrogen and oxygen atoms in total. The largest absolute Gasteiger partial charge is 0.491 e. The zero-order valence-corrected chi connectivity index (χ0v) is 20.3. The van der Waals surface area contributed by atoms with Crippen molar-refractivity contribution in [2.45, 2.75) is 33.3 Å². The maximum absolute atomic E-state index is 12.6. The summed E-state index contributed by atoms with van der Waals surface area (Å²) >= 11 is 7.00. The topological polar surface area (TPSA) is 63.2 Å². The van der Waals surface area contributed by atoms with Gasteiger partial charge < -0.3 is 10.1 Å². The number of carbonyl (C=O) groups is 1. The molecule has 0 saturated carbocycles. The van der Waals surface area contributed by atoms with Crippen LogP contribution >= 0.6 is 23.6 Å². The molecule has 0 fully saturated rings. The van der Waals surface area contributed by atoms with E-state index in [4.69, 9.17) is 21.9 Å². The van der Waals surface area contributed by atoms with E-state index < -0.39 is 0 Å². The highest BCUT2D eigenvalue weighted by molar-refractivity contribution is 7.80. The Bertz CT molecular complexity index is 1300. The lowest BCUT2D eigenvalue weighted by Gasteiger charge is -2.14. The van der Waals surface area contributed by atoms with Crippen molar-refractivity contribution in [3.05, 3.63) is 77.9 Å². The van der Waals surface area contributed by atoms with Gasteiger partial charge in [-0.3, -0.25) is 10.1 Å². The number of hydrogen-bond donors (Lipinski definition) is 2. The van der Waals surface area contributed by atoms with Gasteiger partial charge in [-0.25, -0.2) is 4.98 Å². The molecule has 2 N–H and O–H groups in total. The fraction of sp³-hybridized carbons (Fsp3) is 0.192. The van der Waals surface area contributed by atoms with Crippen LogP contribution in [0.25, 0.3) is 20.8 Å². The average Bonchev–Trinajstić information content (AvgIpc) is 3.22. The number of aromatic nitrogens is 1. The Hall–Kier alpha value is -3.29. The predicted molar refractivity (Wildman–Crippen MR) is 140 cm³/mol. The molecule has 4 rings (SSSR count). The second kappa shape index (κ2) is 10.1. The van der Waals surface area contributed by atoms with E-state index in [-0.39, 0.29) is 17.1 Å². The third kappa shape index (κ3) is 5.74. The van der Waals surface area contributed by atoms with Gasteiger partial charge in [0.2, 0.25) is 0 Å². The minimum absolute atomic E-state index is 0.0842. The summed E-state index contributed by atoms with van der Waals surface area (Å²) in [6.07, 6.45) is 0.975. The highest BCUT2D eigenvalue weighted by Gasteiger charge is 2.11. The van der Waals surface area contributed by atoms with Crippen molar-refractivity contribution in [3.63, 3.8) is 0 Å². The second-order valence-corrected chi connectivity index (χ2v) is 9.28. The first kappa shape index (κ1) is 22.9. The van der Waals surface area contributed by atoms with E-state index in [1.807, 2.05) is 43.3 Å². The minimum atomic E-state index is -0.288. The molecule has 0 spiro atoms. The maximum atomic E-state index is 12.6. The monoisotopic (exact) mass is 475 g/mol. The molecule has 1 heterocycles. The molecule has 0 aliphatic carbocycles. The standard InChI is InChI=1S/C26H25N3O2S2/c1-4-17(3)31-21-7-5-6-19(15-21)24(30)29-26(32)27-20-11-9-18(10-12-20)25-28-22-13-8-16(2)14-23(22)33-25/h5-15,17H,4H2,1-3H3,(H2,27,29,30,32). The number of fused-ring (bicyclic) bond motifs is 1. The summed E-state index contributed by atoms with van der Waals surface area (Å²) in [7, 11) is 0. The lowest BCUT2D eigenvalue weighted by molar-refractivity contribution is 0.0977. The van der Waals surface area contributed by atoms with Gasteiger partial charge in [0.25, 0.3) is 5.91 Å². The van der Waals surface area contributed by atoms with Crippen LogP contribution in [-0.2, 0) is 0 Å². The van der Waals surface area contributed by atoms with Crippen LogP contribution in [0.2, 0.25) is 0 Å². The van der Waals surface area contributed by atoms with Crippen LogP contribution in [-0.4, -0.2) is 22.1 Å². The lowest BCUT2D eigenvalue weighted by atomic mass is 10.2. The number of thiocarbonyl (C=S) groups is 1. The van der Waals surface area contributed by atoms with Gasteiger partial charge in [-0.1, -0.05) is 19.1 Å². The molecule has 1 unspecified atom stereocenters. The number of nitrogens with one attached hydrogen (secondary N) is 2. The molecular formula is C26H25N3O2S2. The Balaban J connectivity index is 1.38. The van der Waals surface area contributed by atoms with E-state index in [2.05, 4.69) is 36.6 Å². The maximum Gasteiger partial charge on any atom is 0.257 e. The van der Waals surface area contributed by atoms with E-state index in [0.29, 0.717) is 11.3 Å². The smallest absolute Gasteiger partial charge is 0.257 e. The van der Waals surface area contributed by atoms with Crippen LogP contribution in [0.1, 0.15) is 36.2 Å². The molecule has 0 saturated heterocycles. The fourth-order valence-electron chi connectivity index (χ4n) is 3.22. The Morgan fingerprint density at radius 1 is 1.12 bits per heavy atom. The van der Waals surface area contributed by atoms with E-state index >= 15 is 0 Å². The van der Waals surface area contributed by atoms with Crippen molar-refractivity contribution < 1.29 is 9.53 Å². The molecule has 1 aromatic heterocycles. The van der Waals surface area contributed by atoms with E-state index in [9.17, 15) is 4.79 Å². The SMILES string of the molecule is CCC(C)Oc1cccc(C(=O)NC(=S)Nc2ccc(-c3nc4ccc(C)cc4s3)cc2)c1. The summed E-state index contributed by atoms with van der Waals surface area (Å²) in [5, 5.41) is 6.99. The average molecular weight is 476 g/mol. The molecule has 3 aromatic carbocycles. The number of rotatable bonds is 6. The molecule has 0 aliphatic rings. The van der Waals surface area contributed by atoms with Crippen LogP contribution in [0.5, 0.6) is 5.75 Å². The lowest BCUT2D eigenvalue weighted by Crippen LogP contribution is -2.34. The molecule has 0 radical (unpaired) electrons. The van der Waals surface area contributed by atoms with Gasteiger partial charge in [-0.15, -0.1) is 11.3 Å². The number of nitrogens with zero attached hydrogens (tertiary/aromatic N) is 1. The first-order chi connectivity index (χ1) is 15.9. The Morgan fingerprint density at radius 2 is 1.91 bits per heavy atom. The van der Waals surface area contributed by atoms with E-state index in [0.717, 1.165) is 28.2 Å². The van der Waals surface area contributed by atoms with Gasteiger partial charge in [0.15, 0.2) is 5.11 Å². The normalized spacial score (nSPS) is 11.7. The van der Waals surface area contributed by atoms with Gasteiger partial charge in [0, 0.05) is 16.8 Å². The Morgan fingerprint density at radius 3 is 2.67 bits per heavy atom. The van der Waals surface area contributed by atoms with Gasteiger partial charge in [-0.05, 0) is 92.6 Å². The predicted octanol–water partition coefficient (Wildman–Crippen LogP) is 6.58. The highest BCUT2D eigenvalue weighted by Crippen LogP contribution is 2.31. The highest BCUT2D eigenvalue weighted by atomic mass is 32.1. The third-order valence-corrected chi connectivity index (χ3v) is 6.44. The minimum Gasteiger partial charge on any atom is -0.491 e. The van der Waals surface area contributed by atoms with Gasteiger partial charge in [0.05, 0.1) is 16.3 Å². The number of carbonyl (C=O) groups excluding carboxylic acids is 1. The van der Waals surface area contributed by atoms with Crippen molar-refractivity contribution in [3.8, 4) is 16.3 Å². The van der Waals surface area contributed by atoms with Crippen molar-refractivity contribution in [1.82, 2.24) is 10.3 Å². The molecule has 0 aliphatic heterocycles. The molecule has 7 heteroatoms. The van der Waals surface area contributed by atoms with Crippen molar-refractivity contribution in [2.75, 3.05) is 5.32 Å². The zero-order chi connectivity index (χ0) is 23.4. The van der Waals surface area contributed by atoms with Crippen LogP contribution < -0.4 is 15.4 Å². The number of benzene rings is 3. The summed E-state index contributed by atoms with van der Waals surface area (Å²) in [5.41, 5.74) is 4.54. The summed E-state index contributed by atoms with van der Waals surface area (Å²) in [6, 6.07) is 21.2. The first-order valence-corrected chi connectivity index (χ1v) is 12.0. The van der Waals surface area contributed by atoms with Crippen LogP contribution in [0.15, 0.2) is 66.7 Å². The number of anilines is 1. The summed E-state index contributed by atoms with van der Waals surface area (Å²) < 4.78 is 6.97. The van der Waals surface area contributed by atoms with E-state index in [1.165, 1.54) is 10.3 Å². The quantitative estimate of drug-likeness (QED) is 0.309. The van der Waals surface area contributed by atoms with Crippen LogP contribution in [0.4, 0.5) is 5.69 Å². The third-order valence-electron chi connectivity index (χ3n) is 5.17. The molecule has 0 bridgehead atoms. The molecule has 1 amide bonds. The molecule has 1 atom stereocenters. The molecule has 168 valence electrons. The second-order valence-electron chi connectivity index (χ2n) is 7.84. The molecule has 4 aromatic rings. The van der Waals surface area contributed by atoms with Crippen molar-refractivity contribution in [2.24, 2.45) is 0 Å². The van der Waals surface area contributed by atoms with Crippen LogP contribution in [0, 0.1) is 6.92 Å². The Kier molecular flexibility index (Phi) is 7.01. The Labute approximate surface area is 202 Å². The number of amides is 1. The van der Waals surface area contributed by atoms with Gasteiger partial charge >= 0.3 is 0 Å². The fourth-order valence-corrected chi connectivity index (χ4v) is 4.50. The van der Waals surface area contributed by atoms with Gasteiger partial charge in [-0.2, -0.15) is 0 Å². The van der Waals surface area contributed by atoms with Crippen molar-refractivity contribution >= 4 is 50.5 Å². The molecular weight excluding hydrogens is 450 g/mol. The first-order valence-electron chi connectivity index (χ1n) is 10.8. The summed E-state index contributed by atoms with van der Waals surface area (Å²) in [5.74, 6) is 0.375. The van der Waals surface area contributed by atoms with Crippen LogP contribution in [0.3, 0.4) is 0 Å². The van der Waals surface area contributed by atoms with Crippen molar-refractivity contribution in [1.29, 1.82) is 0 Å². The molecule has 33 heavy (non-hydrogen) atoms. The zero-order valence-electron chi connectivity index (χ0n) is 18.7. The number of aryl methyl sites for hydroxylation is 1.